The van der Waals surface area contributed by atoms with E-state index >= 15 is 0 Å². The molecule has 38 heavy (non-hydrogen) atoms. The number of benzene rings is 1. The number of carbonyl (C=O) groups excluding carboxylic acids is 1. The summed E-state index contributed by atoms with van der Waals surface area (Å²) in [5.41, 5.74) is 2.54. The third kappa shape index (κ3) is 4.87. The van der Waals surface area contributed by atoms with Gasteiger partial charge in [-0.2, -0.15) is 15.3 Å². The van der Waals surface area contributed by atoms with E-state index in [9.17, 15) is 15.2 Å². The highest BCUT2D eigenvalue weighted by molar-refractivity contribution is 9.10. The number of rotatable bonds is 8. The van der Waals surface area contributed by atoms with Crippen molar-refractivity contribution in [2.45, 2.75) is 45.1 Å². The molecular weight excluding hydrogens is 570 g/mol. The van der Waals surface area contributed by atoms with E-state index in [-0.39, 0.29) is 18.6 Å². The minimum Gasteiger partial charge on any atom is -0.395 e. The zero-order chi connectivity index (χ0) is 26.9. The summed E-state index contributed by atoms with van der Waals surface area (Å²) in [6, 6.07) is 8.11. The number of aromatic nitrogens is 6. The molecule has 0 saturated heterocycles. The van der Waals surface area contributed by atoms with Crippen LogP contribution in [0, 0.1) is 23.7 Å². The first-order valence-corrected chi connectivity index (χ1v) is 13.8. The predicted molar refractivity (Wildman–Crippen MR) is 147 cm³/mol. The van der Waals surface area contributed by atoms with Crippen molar-refractivity contribution in [1.82, 2.24) is 35.3 Å². The minimum absolute atomic E-state index is 0.0519. The summed E-state index contributed by atoms with van der Waals surface area (Å²) in [6.07, 6.45) is 4.44. The van der Waals surface area contributed by atoms with E-state index in [2.05, 4.69) is 52.9 Å². The molecule has 1 aliphatic rings. The average Bonchev–Trinajstić information content (AvgIpc) is 3.64. The Hall–Kier alpha value is -3.47. The van der Waals surface area contributed by atoms with Crippen molar-refractivity contribution in [3.63, 3.8) is 0 Å². The van der Waals surface area contributed by atoms with Crippen LogP contribution in [0.25, 0.3) is 27.3 Å². The Morgan fingerprint density at radius 1 is 1.39 bits per heavy atom. The number of nitrogens with zero attached hydrogens (tertiary/aromatic N) is 7. The molecule has 3 N–H and O–H groups in total. The van der Waals surface area contributed by atoms with Gasteiger partial charge in [-0.15, -0.1) is 10.2 Å². The fourth-order valence-corrected chi connectivity index (χ4v) is 6.15. The van der Waals surface area contributed by atoms with Gasteiger partial charge in [-0.05, 0) is 72.3 Å². The van der Waals surface area contributed by atoms with E-state index in [0.717, 1.165) is 32.2 Å². The van der Waals surface area contributed by atoms with Crippen LogP contribution in [0.4, 0.5) is 5.95 Å². The lowest BCUT2D eigenvalue weighted by molar-refractivity contribution is -0.132. The largest absolute Gasteiger partial charge is 0.395 e. The number of nitrogens with one attached hydrogen (secondary N) is 2. The lowest BCUT2D eigenvalue weighted by Gasteiger charge is -2.24. The Labute approximate surface area is 231 Å². The van der Waals surface area contributed by atoms with Crippen LogP contribution in [0.2, 0.25) is 0 Å². The number of carbonyl (C=O) groups is 1. The van der Waals surface area contributed by atoms with Crippen LogP contribution in [0.3, 0.4) is 0 Å². The molecule has 4 aromatic rings. The number of fused-ring (bicyclic) bond motifs is 1. The summed E-state index contributed by atoms with van der Waals surface area (Å²) >= 11 is 5.04. The fraction of sp³-hybridized carbons (Fsp3) is 0.400. The summed E-state index contributed by atoms with van der Waals surface area (Å²) in [5, 5.41) is 40.7. The van der Waals surface area contributed by atoms with E-state index in [1.54, 1.807) is 17.9 Å². The number of anilines is 1. The Bertz CT molecular complexity index is 1550. The highest BCUT2D eigenvalue weighted by Gasteiger charge is 2.44. The zero-order valence-electron chi connectivity index (χ0n) is 20.9. The van der Waals surface area contributed by atoms with Gasteiger partial charge in [0.25, 0.3) is 0 Å². The van der Waals surface area contributed by atoms with E-state index in [4.69, 9.17) is 4.98 Å². The van der Waals surface area contributed by atoms with Gasteiger partial charge in [0.15, 0.2) is 5.65 Å². The molecule has 13 heteroatoms. The molecule has 0 bridgehead atoms. The average molecular weight is 597 g/mol. The molecule has 11 nitrogen and oxygen atoms in total. The molecule has 2 atom stereocenters. The van der Waals surface area contributed by atoms with Crippen LogP contribution in [0.15, 0.2) is 29.0 Å². The van der Waals surface area contributed by atoms with E-state index in [1.807, 2.05) is 25.1 Å². The number of halogens is 1. The zero-order valence-corrected chi connectivity index (χ0v) is 23.3. The molecule has 1 aromatic carbocycles. The van der Waals surface area contributed by atoms with Gasteiger partial charge in [-0.25, -0.2) is 9.67 Å². The van der Waals surface area contributed by atoms with Crippen LogP contribution in [-0.4, -0.2) is 60.7 Å². The number of aliphatic hydroxyl groups excluding tert-OH is 1. The van der Waals surface area contributed by atoms with Gasteiger partial charge >= 0.3 is 0 Å². The van der Waals surface area contributed by atoms with Crippen LogP contribution < -0.4 is 10.6 Å². The quantitative estimate of drug-likeness (QED) is 0.277. The van der Waals surface area contributed by atoms with Crippen LogP contribution >= 0.6 is 27.3 Å². The molecule has 0 radical (unpaired) electrons. The van der Waals surface area contributed by atoms with E-state index in [1.165, 1.54) is 11.3 Å². The third-order valence-electron chi connectivity index (χ3n) is 6.93. The predicted octanol–water partition coefficient (Wildman–Crippen LogP) is 3.55. The molecule has 196 valence electrons. The summed E-state index contributed by atoms with van der Waals surface area (Å²) in [6.45, 7) is 1.71. The van der Waals surface area contributed by atoms with Crippen molar-refractivity contribution >= 4 is 50.2 Å². The maximum atomic E-state index is 12.4. The highest BCUT2D eigenvalue weighted by atomic mass is 79.9. The van der Waals surface area contributed by atoms with Gasteiger partial charge in [0.05, 0.1) is 29.2 Å². The van der Waals surface area contributed by atoms with Gasteiger partial charge in [0.2, 0.25) is 11.9 Å². The molecule has 0 spiro atoms. The second-order valence-electron chi connectivity index (χ2n) is 9.36. The number of aliphatic hydroxyl groups is 1. The number of hydrogen-bond donors (Lipinski definition) is 3. The molecule has 1 fully saturated rings. The van der Waals surface area contributed by atoms with Gasteiger partial charge in [0.1, 0.15) is 14.6 Å². The van der Waals surface area contributed by atoms with Crippen molar-refractivity contribution in [1.29, 1.82) is 5.26 Å². The minimum atomic E-state index is -0.797. The van der Waals surface area contributed by atoms with Gasteiger partial charge < -0.3 is 15.7 Å². The summed E-state index contributed by atoms with van der Waals surface area (Å²) in [4.78, 5) is 21.6. The molecule has 5 rings (SSSR count). The molecule has 0 aliphatic heterocycles. The normalized spacial score (nSPS) is 19.0. The summed E-state index contributed by atoms with van der Waals surface area (Å²) in [7, 11) is 1.59. The number of nitriles is 1. The first kappa shape index (κ1) is 26.1. The molecule has 3 heterocycles. The number of amides is 1. The number of hydrogen-bond acceptors (Lipinski definition) is 10. The lowest BCUT2D eigenvalue weighted by atomic mass is 9.86. The fourth-order valence-electron chi connectivity index (χ4n) is 4.96. The maximum Gasteiger partial charge on any atom is 0.228 e. The lowest BCUT2D eigenvalue weighted by Crippen LogP contribution is -2.41. The molecule has 3 aromatic heterocycles. The summed E-state index contributed by atoms with van der Waals surface area (Å²) in [5.74, 6) is 0.273. The van der Waals surface area contributed by atoms with Crippen LogP contribution in [-0.2, 0) is 11.2 Å². The van der Waals surface area contributed by atoms with Crippen molar-refractivity contribution in [2.24, 2.45) is 5.41 Å². The Morgan fingerprint density at radius 2 is 2.24 bits per heavy atom. The molecular formula is C25H26BrN9O2S. The topological polar surface area (TPSA) is 155 Å². The Kier molecular flexibility index (Phi) is 7.38. The number of aryl methyl sites for hydroxylation is 2. The SMILES string of the molecule is CNC(=O)[C@]1(CO)CC[C@@H](Nc2ncc3c(Br)nn(-c4ccc(-c5nnc(C)s5)c(CCC#N)c4)c3n2)C1. The van der Waals surface area contributed by atoms with Gasteiger partial charge in [-0.1, -0.05) is 11.3 Å². The van der Waals surface area contributed by atoms with Gasteiger partial charge in [-0.3, -0.25) is 4.79 Å². The standard InChI is InChI=1S/C25H26BrN9O2S/c1-14-32-33-22(38-14)18-6-5-17(10-15(18)4-3-9-27)35-21-19(20(26)34-35)12-29-24(31-21)30-16-7-8-25(11-16,13-36)23(37)28-2/h5-6,10,12,16,36H,3-4,7-8,11,13H2,1-2H3,(H,28,37)(H,29,30,31)/t16-,25-/m1/s1. The Morgan fingerprint density at radius 3 is 2.95 bits per heavy atom. The first-order valence-electron chi connectivity index (χ1n) is 12.2. The third-order valence-corrected chi connectivity index (χ3v) is 8.39. The maximum absolute atomic E-state index is 12.4. The molecule has 1 amide bonds. The second kappa shape index (κ2) is 10.7. The van der Waals surface area contributed by atoms with E-state index < -0.39 is 5.41 Å². The monoisotopic (exact) mass is 595 g/mol. The Balaban J connectivity index is 1.48. The van der Waals surface area contributed by atoms with Crippen molar-refractivity contribution in [3.8, 4) is 22.3 Å². The van der Waals surface area contributed by atoms with Crippen LogP contribution in [0.5, 0.6) is 0 Å². The first-order chi connectivity index (χ1) is 18.4. The van der Waals surface area contributed by atoms with Crippen molar-refractivity contribution in [2.75, 3.05) is 19.0 Å². The highest BCUT2D eigenvalue weighted by Crippen LogP contribution is 2.39. The van der Waals surface area contributed by atoms with Gasteiger partial charge in [0, 0.05) is 31.3 Å². The molecule has 1 aliphatic carbocycles. The van der Waals surface area contributed by atoms with E-state index in [0.29, 0.717) is 48.3 Å². The second-order valence-corrected chi connectivity index (χ2v) is 11.3. The molecule has 0 unspecified atom stereocenters. The summed E-state index contributed by atoms with van der Waals surface area (Å²) < 4.78 is 2.36. The smallest absolute Gasteiger partial charge is 0.228 e. The molecule has 1 saturated carbocycles. The van der Waals surface area contributed by atoms with Crippen LogP contribution in [0.1, 0.15) is 36.3 Å². The van der Waals surface area contributed by atoms with Crippen molar-refractivity contribution in [3.05, 3.63) is 39.6 Å². The van der Waals surface area contributed by atoms with Crippen molar-refractivity contribution < 1.29 is 9.90 Å².